The van der Waals surface area contributed by atoms with Crippen LogP contribution in [-0.2, 0) is 4.79 Å². The number of aliphatic hydroxyl groups excluding tert-OH is 4. The van der Waals surface area contributed by atoms with Crippen molar-refractivity contribution in [3.05, 3.63) is 58.5 Å². The van der Waals surface area contributed by atoms with Gasteiger partial charge in [-0.25, -0.2) is 0 Å². The predicted molar refractivity (Wildman–Crippen MR) is 111 cm³/mol. The third kappa shape index (κ3) is 4.24. The molecule has 2 aromatic heterocycles. The van der Waals surface area contributed by atoms with E-state index in [2.05, 4.69) is 15.3 Å². The number of hydrogen-bond acceptors (Lipinski definition) is 8. The monoisotopic (exact) mass is 413 g/mol. The normalized spacial score (nSPS) is 15.4. The van der Waals surface area contributed by atoms with Crippen LogP contribution >= 0.6 is 0 Å². The number of nitrogens with one attached hydrogen (secondary N) is 2. The summed E-state index contributed by atoms with van der Waals surface area (Å²) in [5.74, 6) is 0. The minimum absolute atomic E-state index is 0.315. The van der Waals surface area contributed by atoms with Gasteiger partial charge in [0.1, 0.15) is 30.6 Å². The summed E-state index contributed by atoms with van der Waals surface area (Å²) in [6.07, 6.45) is -2.97. The molecule has 6 N–H and O–H groups in total. The van der Waals surface area contributed by atoms with Gasteiger partial charge in [-0.2, -0.15) is 0 Å². The van der Waals surface area contributed by atoms with Gasteiger partial charge in [0.25, 0.3) is 5.56 Å². The number of nitrogens with zero attached hydrogens (tertiary/aromatic N) is 1. The summed E-state index contributed by atoms with van der Waals surface area (Å²) in [6.45, 7) is 1.05. The van der Waals surface area contributed by atoms with E-state index < -0.39 is 31.0 Å². The zero-order valence-corrected chi connectivity index (χ0v) is 16.2. The molecule has 0 unspecified atom stereocenters. The molecule has 0 aliphatic heterocycles. The van der Waals surface area contributed by atoms with E-state index in [-0.39, 0.29) is 5.56 Å². The van der Waals surface area contributed by atoms with Gasteiger partial charge in [0.2, 0.25) is 0 Å². The largest absolute Gasteiger partial charge is 0.394 e. The topological polar surface area (TPSA) is 156 Å². The lowest BCUT2D eigenvalue weighted by atomic mass is 10.0. The molecule has 30 heavy (non-hydrogen) atoms. The van der Waals surface area contributed by atoms with E-state index >= 15 is 0 Å². The SMILES string of the molecule is Cc1c(-c2ccccn2)c(=O)[nH]c2cc(N[C@H](C=O)[C@H](O)[C@@H](O)[C@@H](O)CO)ccc12. The highest BCUT2D eigenvalue weighted by molar-refractivity contribution is 5.90. The first-order valence-electron chi connectivity index (χ1n) is 9.32. The first kappa shape index (κ1) is 21.6. The molecule has 1 aromatic carbocycles. The zero-order valence-electron chi connectivity index (χ0n) is 16.2. The summed E-state index contributed by atoms with van der Waals surface area (Å²) in [6, 6.07) is 9.08. The van der Waals surface area contributed by atoms with Gasteiger partial charge in [-0.05, 0) is 36.8 Å². The van der Waals surface area contributed by atoms with Crippen LogP contribution in [0.25, 0.3) is 22.2 Å². The first-order valence-corrected chi connectivity index (χ1v) is 9.32. The number of rotatable bonds is 8. The predicted octanol–water partition coefficient (Wildman–Crippen LogP) is -0.0471. The molecular weight excluding hydrogens is 390 g/mol. The molecule has 9 heteroatoms. The second-order valence-electron chi connectivity index (χ2n) is 6.97. The lowest BCUT2D eigenvalue weighted by Gasteiger charge is -2.27. The molecule has 4 atom stereocenters. The third-order valence-corrected chi connectivity index (χ3v) is 4.97. The maximum atomic E-state index is 12.7. The van der Waals surface area contributed by atoms with Crippen molar-refractivity contribution in [1.82, 2.24) is 9.97 Å². The van der Waals surface area contributed by atoms with Gasteiger partial charge < -0.3 is 35.5 Å². The standard InChI is InChI=1S/C21H23N3O6/c1-11-13-6-5-12(23-16(9-25)19(28)20(29)17(27)10-26)8-15(13)24-21(30)18(11)14-4-2-3-7-22-14/h2-9,16-17,19-20,23,26-29H,10H2,1H3,(H,24,30)/t16-,17+,19+,20+/m1/s1. The van der Waals surface area contributed by atoms with Crippen molar-refractivity contribution in [2.45, 2.75) is 31.3 Å². The van der Waals surface area contributed by atoms with E-state index in [1.54, 1.807) is 42.6 Å². The minimum atomic E-state index is -1.72. The smallest absolute Gasteiger partial charge is 0.258 e. The maximum Gasteiger partial charge on any atom is 0.258 e. The Balaban J connectivity index is 1.94. The molecule has 3 rings (SSSR count). The Morgan fingerprint density at radius 1 is 1.17 bits per heavy atom. The van der Waals surface area contributed by atoms with E-state index in [0.717, 1.165) is 10.9 Å². The Labute approximate surface area is 171 Å². The molecule has 0 amide bonds. The number of hydrogen-bond donors (Lipinski definition) is 6. The van der Waals surface area contributed by atoms with Crippen molar-refractivity contribution in [2.75, 3.05) is 11.9 Å². The van der Waals surface area contributed by atoms with Crippen LogP contribution in [0.2, 0.25) is 0 Å². The zero-order chi connectivity index (χ0) is 21.8. The van der Waals surface area contributed by atoms with Crippen molar-refractivity contribution in [3.63, 3.8) is 0 Å². The van der Waals surface area contributed by atoms with Crippen molar-refractivity contribution >= 4 is 22.9 Å². The number of fused-ring (bicyclic) bond motifs is 1. The Kier molecular flexibility index (Phi) is 6.58. The van der Waals surface area contributed by atoms with Gasteiger partial charge >= 0.3 is 0 Å². The molecule has 0 aliphatic rings. The van der Waals surface area contributed by atoms with E-state index in [0.29, 0.717) is 28.7 Å². The quantitative estimate of drug-likeness (QED) is 0.281. The van der Waals surface area contributed by atoms with Crippen LogP contribution in [0.1, 0.15) is 5.56 Å². The maximum absolute atomic E-state index is 12.7. The third-order valence-electron chi connectivity index (χ3n) is 4.97. The lowest BCUT2D eigenvalue weighted by Crippen LogP contribution is -2.49. The molecule has 9 nitrogen and oxygen atoms in total. The van der Waals surface area contributed by atoms with Crippen LogP contribution in [-0.4, -0.2) is 67.6 Å². The number of aromatic amines is 1. The lowest BCUT2D eigenvalue weighted by molar-refractivity contribution is -0.117. The van der Waals surface area contributed by atoms with Gasteiger partial charge in [-0.3, -0.25) is 9.78 Å². The van der Waals surface area contributed by atoms with Crippen LogP contribution < -0.4 is 10.9 Å². The summed E-state index contributed by atoms with van der Waals surface area (Å²) in [4.78, 5) is 31.1. The molecule has 2 heterocycles. The van der Waals surface area contributed by atoms with E-state index in [9.17, 15) is 24.9 Å². The Morgan fingerprint density at radius 2 is 1.93 bits per heavy atom. The summed E-state index contributed by atoms with van der Waals surface area (Å²) in [7, 11) is 0. The molecule has 0 saturated heterocycles. The second-order valence-corrected chi connectivity index (χ2v) is 6.97. The number of carbonyl (C=O) groups excluding carboxylic acids is 1. The highest BCUT2D eigenvalue weighted by Gasteiger charge is 2.31. The molecule has 0 spiro atoms. The second kappa shape index (κ2) is 9.14. The molecule has 0 fully saturated rings. The van der Waals surface area contributed by atoms with Crippen LogP contribution in [0.5, 0.6) is 0 Å². The number of aryl methyl sites for hydroxylation is 1. The van der Waals surface area contributed by atoms with Crippen LogP contribution in [0.3, 0.4) is 0 Å². The molecule has 0 radical (unpaired) electrons. The Morgan fingerprint density at radius 3 is 2.57 bits per heavy atom. The average Bonchev–Trinajstić information content (AvgIpc) is 2.76. The summed E-state index contributed by atoms with van der Waals surface area (Å²) >= 11 is 0. The van der Waals surface area contributed by atoms with Gasteiger partial charge in [-0.1, -0.05) is 12.1 Å². The van der Waals surface area contributed by atoms with E-state index in [1.807, 2.05) is 6.92 Å². The molecule has 0 saturated carbocycles. The van der Waals surface area contributed by atoms with Crippen molar-refractivity contribution < 1.29 is 25.2 Å². The van der Waals surface area contributed by atoms with Gasteiger partial charge in [-0.15, -0.1) is 0 Å². The van der Waals surface area contributed by atoms with E-state index in [4.69, 9.17) is 5.11 Å². The summed E-state index contributed by atoms with van der Waals surface area (Å²) in [5, 5.41) is 41.9. The highest BCUT2D eigenvalue weighted by atomic mass is 16.4. The average molecular weight is 413 g/mol. The molecule has 0 aliphatic carbocycles. The fourth-order valence-corrected chi connectivity index (χ4v) is 3.31. The number of anilines is 1. The Bertz CT molecular complexity index is 1090. The number of H-pyrrole nitrogens is 1. The summed E-state index contributed by atoms with van der Waals surface area (Å²) in [5.41, 5.74) is 2.37. The number of carbonyl (C=O) groups is 1. The minimum Gasteiger partial charge on any atom is -0.394 e. The molecule has 0 bridgehead atoms. The van der Waals surface area contributed by atoms with Gasteiger partial charge in [0.15, 0.2) is 0 Å². The fraction of sp³-hybridized carbons (Fsp3) is 0.286. The summed E-state index contributed by atoms with van der Waals surface area (Å²) < 4.78 is 0. The van der Waals surface area contributed by atoms with Gasteiger partial charge in [0.05, 0.1) is 23.4 Å². The first-order chi connectivity index (χ1) is 14.4. The van der Waals surface area contributed by atoms with Crippen molar-refractivity contribution in [2.24, 2.45) is 0 Å². The van der Waals surface area contributed by atoms with Gasteiger partial charge in [0, 0.05) is 17.3 Å². The number of aliphatic hydroxyl groups is 4. The molecule has 158 valence electrons. The highest BCUT2D eigenvalue weighted by Crippen LogP contribution is 2.26. The number of aromatic nitrogens is 2. The van der Waals surface area contributed by atoms with E-state index in [1.165, 1.54) is 0 Å². The number of aldehydes is 1. The Hall–Kier alpha value is -3.11. The van der Waals surface area contributed by atoms with Crippen LogP contribution in [0.15, 0.2) is 47.4 Å². The van der Waals surface area contributed by atoms with Crippen molar-refractivity contribution in [3.8, 4) is 11.3 Å². The number of benzene rings is 1. The van der Waals surface area contributed by atoms with Crippen LogP contribution in [0.4, 0.5) is 5.69 Å². The fourth-order valence-electron chi connectivity index (χ4n) is 3.31. The number of pyridine rings is 2. The van der Waals surface area contributed by atoms with Crippen LogP contribution in [0, 0.1) is 6.92 Å². The van der Waals surface area contributed by atoms with Crippen molar-refractivity contribution in [1.29, 1.82) is 0 Å². The molecule has 3 aromatic rings. The molecular formula is C21H23N3O6.